The molecule has 1 aromatic heterocycles. The third-order valence-corrected chi connectivity index (χ3v) is 4.89. The summed E-state index contributed by atoms with van der Waals surface area (Å²) in [5.41, 5.74) is 0.990. The lowest BCUT2D eigenvalue weighted by atomic mass is 10.4. The minimum atomic E-state index is -3.45. The van der Waals surface area contributed by atoms with Crippen LogP contribution < -0.4 is 9.44 Å². The third kappa shape index (κ3) is 6.27. The van der Waals surface area contributed by atoms with Crippen molar-refractivity contribution in [1.82, 2.24) is 19.3 Å². The van der Waals surface area contributed by atoms with Gasteiger partial charge in [0.05, 0.1) is 12.2 Å². The van der Waals surface area contributed by atoms with E-state index in [9.17, 15) is 8.42 Å². The van der Waals surface area contributed by atoms with Gasteiger partial charge in [-0.1, -0.05) is 13.8 Å². The van der Waals surface area contributed by atoms with E-state index in [2.05, 4.69) is 33.2 Å². The summed E-state index contributed by atoms with van der Waals surface area (Å²) in [6.45, 7) is 10.8. The molecular weight excluding hydrogens is 296 g/mol. The minimum absolute atomic E-state index is 0.123. The summed E-state index contributed by atoms with van der Waals surface area (Å²) in [6.07, 6.45) is 0. The highest BCUT2D eigenvalue weighted by atomic mass is 32.2. The average Bonchev–Trinajstić information content (AvgIpc) is 2.80. The van der Waals surface area contributed by atoms with Gasteiger partial charge in [0.2, 0.25) is 0 Å². The summed E-state index contributed by atoms with van der Waals surface area (Å²) in [5, 5.41) is 2.76. The summed E-state index contributed by atoms with van der Waals surface area (Å²) in [5.74, 6) is 0. The maximum Gasteiger partial charge on any atom is 0.277 e. The summed E-state index contributed by atoms with van der Waals surface area (Å²) in [4.78, 5) is 6.72. The summed E-state index contributed by atoms with van der Waals surface area (Å²) in [6, 6.07) is -0.123. The van der Waals surface area contributed by atoms with Crippen LogP contribution in [0.25, 0.3) is 0 Å². The van der Waals surface area contributed by atoms with Crippen LogP contribution in [0.3, 0.4) is 0 Å². The molecule has 0 radical (unpaired) electrons. The molecule has 8 heteroatoms. The van der Waals surface area contributed by atoms with Crippen LogP contribution in [0.1, 0.15) is 38.4 Å². The van der Waals surface area contributed by atoms with E-state index in [1.165, 1.54) is 11.3 Å². The first-order chi connectivity index (χ1) is 9.36. The first-order valence-corrected chi connectivity index (χ1v) is 9.15. The van der Waals surface area contributed by atoms with Crippen molar-refractivity contribution in [3.8, 4) is 0 Å². The Morgan fingerprint density at radius 1 is 1.35 bits per heavy atom. The Balaban J connectivity index is 2.52. The highest BCUT2D eigenvalue weighted by Gasteiger charge is 2.12. The molecule has 0 aliphatic carbocycles. The first-order valence-electron chi connectivity index (χ1n) is 6.78. The van der Waals surface area contributed by atoms with Crippen molar-refractivity contribution in [1.29, 1.82) is 0 Å². The largest absolute Gasteiger partial charge is 0.298 e. The van der Waals surface area contributed by atoms with Crippen LogP contribution in [0.2, 0.25) is 0 Å². The monoisotopic (exact) mass is 320 g/mol. The van der Waals surface area contributed by atoms with E-state index in [0.717, 1.165) is 30.3 Å². The van der Waals surface area contributed by atoms with E-state index in [4.69, 9.17) is 0 Å². The van der Waals surface area contributed by atoms with Crippen LogP contribution in [0.4, 0.5) is 0 Å². The van der Waals surface area contributed by atoms with Gasteiger partial charge in [0, 0.05) is 18.0 Å². The molecule has 0 aliphatic rings. The van der Waals surface area contributed by atoms with Crippen molar-refractivity contribution in [2.45, 2.75) is 46.8 Å². The Morgan fingerprint density at radius 3 is 2.55 bits per heavy atom. The Hall–Kier alpha value is -0.540. The van der Waals surface area contributed by atoms with Gasteiger partial charge < -0.3 is 0 Å². The van der Waals surface area contributed by atoms with Crippen molar-refractivity contribution in [3.63, 3.8) is 0 Å². The second-order valence-electron chi connectivity index (χ2n) is 4.79. The molecule has 0 amide bonds. The molecule has 1 heterocycles. The van der Waals surface area contributed by atoms with Gasteiger partial charge >= 0.3 is 0 Å². The van der Waals surface area contributed by atoms with E-state index in [-0.39, 0.29) is 12.6 Å². The zero-order chi connectivity index (χ0) is 15.2. The molecule has 0 aromatic carbocycles. The molecule has 0 fully saturated rings. The molecule has 0 aliphatic heterocycles. The lowest BCUT2D eigenvalue weighted by Gasteiger charge is -2.15. The molecule has 0 atom stereocenters. The quantitative estimate of drug-likeness (QED) is 0.719. The maximum atomic E-state index is 11.6. The minimum Gasteiger partial charge on any atom is -0.298 e. The number of hydrogen-bond acceptors (Lipinski definition) is 5. The van der Waals surface area contributed by atoms with Crippen molar-refractivity contribution in [2.75, 3.05) is 13.1 Å². The first kappa shape index (κ1) is 17.5. The van der Waals surface area contributed by atoms with E-state index < -0.39 is 10.2 Å². The number of aromatic nitrogens is 1. The fraction of sp³-hybridized carbons (Fsp3) is 0.750. The molecule has 0 unspecified atom stereocenters. The topological polar surface area (TPSA) is 74.3 Å². The van der Waals surface area contributed by atoms with Crippen molar-refractivity contribution in [2.24, 2.45) is 0 Å². The second-order valence-corrected chi connectivity index (χ2v) is 7.26. The zero-order valence-electron chi connectivity index (χ0n) is 12.5. The molecule has 1 aromatic rings. The van der Waals surface area contributed by atoms with Crippen LogP contribution in [-0.4, -0.2) is 37.4 Å². The van der Waals surface area contributed by atoms with Gasteiger partial charge in [-0.05, 0) is 26.9 Å². The fourth-order valence-corrected chi connectivity index (χ4v) is 3.53. The van der Waals surface area contributed by atoms with Gasteiger partial charge in [0.1, 0.15) is 5.01 Å². The maximum absolute atomic E-state index is 11.6. The molecule has 116 valence electrons. The average molecular weight is 320 g/mol. The summed E-state index contributed by atoms with van der Waals surface area (Å²) >= 11 is 1.48. The normalized spacial score (nSPS) is 12.5. The number of rotatable bonds is 9. The van der Waals surface area contributed by atoms with E-state index in [1.54, 1.807) is 13.8 Å². The smallest absolute Gasteiger partial charge is 0.277 e. The summed E-state index contributed by atoms with van der Waals surface area (Å²) in [7, 11) is -3.45. The fourth-order valence-electron chi connectivity index (χ4n) is 1.69. The Labute approximate surface area is 125 Å². The number of nitrogens with zero attached hydrogens (tertiary/aromatic N) is 2. The van der Waals surface area contributed by atoms with E-state index in [1.807, 2.05) is 5.38 Å². The molecule has 6 nitrogen and oxygen atoms in total. The van der Waals surface area contributed by atoms with Crippen molar-refractivity contribution in [3.05, 3.63) is 16.1 Å². The van der Waals surface area contributed by atoms with Crippen LogP contribution in [0, 0.1) is 0 Å². The van der Waals surface area contributed by atoms with Crippen molar-refractivity contribution < 1.29 is 8.42 Å². The van der Waals surface area contributed by atoms with Crippen molar-refractivity contribution >= 4 is 21.5 Å². The highest BCUT2D eigenvalue weighted by Crippen LogP contribution is 2.11. The molecule has 1 rings (SSSR count). The SMILES string of the molecule is CCN(CC)Cc1csc(CNS(=O)(=O)NC(C)C)n1. The lowest BCUT2D eigenvalue weighted by molar-refractivity contribution is 0.292. The van der Waals surface area contributed by atoms with Gasteiger partial charge in [-0.25, -0.2) is 4.98 Å². The zero-order valence-corrected chi connectivity index (χ0v) is 14.1. The van der Waals surface area contributed by atoms with Crippen LogP contribution >= 0.6 is 11.3 Å². The van der Waals surface area contributed by atoms with E-state index in [0.29, 0.717) is 0 Å². The number of thiazole rings is 1. The van der Waals surface area contributed by atoms with Gasteiger partial charge in [-0.15, -0.1) is 11.3 Å². The number of nitrogens with one attached hydrogen (secondary N) is 2. The standard InChI is InChI=1S/C12H24N4O2S2/c1-5-16(6-2)8-11-9-19-12(14-11)7-13-20(17,18)15-10(3)4/h9-10,13,15H,5-8H2,1-4H3. The third-order valence-electron chi connectivity index (χ3n) is 2.68. The van der Waals surface area contributed by atoms with Gasteiger partial charge in [0.15, 0.2) is 0 Å². The Kier molecular flexibility index (Phi) is 7.04. The highest BCUT2D eigenvalue weighted by molar-refractivity contribution is 7.87. The van der Waals surface area contributed by atoms with Crippen LogP contribution in [0.15, 0.2) is 5.38 Å². The van der Waals surface area contributed by atoms with Crippen LogP contribution in [-0.2, 0) is 23.3 Å². The molecule has 0 bridgehead atoms. The van der Waals surface area contributed by atoms with Crippen LogP contribution in [0.5, 0.6) is 0 Å². The molecule has 0 saturated heterocycles. The molecule has 20 heavy (non-hydrogen) atoms. The Bertz CT molecular complexity index is 495. The van der Waals surface area contributed by atoms with Gasteiger partial charge in [0.25, 0.3) is 10.2 Å². The Morgan fingerprint density at radius 2 is 2.00 bits per heavy atom. The predicted octanol–water partition coefficient (Wildman–Crippen LogP) is 1.32. The molecule has 2 N–H and O–H groups in total. The predicted molar refractivity (Wildman–Crippen MR) is 82.8 cm³/mol. The second kappa shape index (κ2) is 8.04. The molecular formula is C12H24N4O2S2. The summed E-state index contributed by atoms with van der Waals surface area (Å²) < 4.78 is 28.2. The number of hydrogen-bond donors (Lipinski definition) is 2. The molecule has 0 spiro atoms. The molecule has 0 saturated carbocycles. The van der Waals surface area contributed by atoms with Gasteiger partial charge in [-0.2, -0.15) is 17.9 Å². The lowest BCUT2D eigenvalue weighted by Crippen LogP contribution is -2.39. The van der Waals surface area contributed by atoms with E-state index >= 15 is 0 Å². The van der Waals surface area contributed by atoms with Gasteiger partial charge in [-0.3, -0.25) is 4.90 Å².